The van der Waals surface area contributed by atoms with Crippen LogP contribution in [0.1, 0.15) is 114 Å². The summed E-state index contributed by atoms with van der Waals surface area (Å²) < 4.78 is 0. The van der Waals surface area contributed by atoms with Gasteiger partial charge in [-0.15, -0.1) is 0 Å². The summed E-state index contributed by atoms with van der Waals surface area (Å²) in [5.41, 5.74) is 9.00. The normalized spacial score (nSPS) is 20.7. The Kier molecular flexibility index (Phi) is 10.1. The van der Waals surface area contributed by atoms with E-state index in [9.17, 15) is 10.2 Å². The van der Waals surface area contributed by atoms with E-state index in [2.05, 4.69) is 98.8 Å². The molecular formula is C50H54O2. The van der Waals surface area contributed by atoms with Crippen molar-refractivity contribution in [3.8, 4) is 44.9 Å². The van der Waals surface area contributed by atoms with Gasteiger partial charge in [0.25, 0.3) is 0 Å². The average molecular weight is 687 g/mol. The van der Waals surface area contributed by atoms with Gasteiger partial charge in [0.05, 0.1) is 0 Å². The zero-order valence-electron chi connectivity index (χ0n) is 31.1. The first kappa shape index (κ1) is 34.5. The molecule has 8 rings (SSSR count). The highest BCUT2D eigenvalue weighted by Crippen LogP contribution is 2.46. The van der Waals surface area contributed by atoms with Crippen LogP contribution in [0.25, 0.3) is 54.9 Å². The van der Waals surface area contributed by atoms with Crippen molar-refractivity contribution in [3.05, 3.63) is 120 Å². The highest BCUT2D eigenvalue weighted by atomic mass is 16.3. The topological polar surface area (TPSA) is 40.5 Å². The van der Waals surface area contributed by atoms with E-state index in [-0.39, 0.29) is 11.5 Å². The summed E-state index contributed by atoms with van der Waals surface area (Å²) in [5.74, 6) is 3.54. The van der Waals surface area contributed by atoms with Crippen LogP contribution in [0.2, 0.25) is 0 Å². The summed E-state index contributed by atoms with van der Waals surface area (Å²) in [6.45, 7) is 4.62. The largest absolute Gasteiger partial charge is 0.507 e. The van der Waals surface area contributed by atoms with E-state index in [0.29, 0.717) is 23.0 Å². The summed E-state index contributed by atoms with van der Waals surface area (Å²) in [6.07, 6.45) is 16.0. The molecule has 52 heavy (non-hydrogen) atoms. The van der Waals surface area contributed by atoms with Crippen LogP contribution in [-0.4, -0.2) is 10.2 Å². The lowest BCUT2D eigenvalue weighted by molar-refractivity contribution is 0.308. The summed E-state index contributed by atoms with van der Waals surface area (Å²) in [6, 6.07) is 38.9. The number of aromatic hydroxyl groups is 2. The van der Waals surface area contributed by atoms with E-state index >= 15 is 0 Å². The maximum atomic E-state index is 11.3. The molecule has 0 atom stereocenters. The fourth-order valence-corrected chi connectivity index (χ4v) is 9.80. The Bertz CT molecular complexity index is 1990. The molecule has 6 aromatic rings. The molecule has 0 heterocycles. The van der Waals surface area contributed by atoms with Gasteiger partial charge in [-0.1, -0.05) is 124 Å². The standard InChI is InChI=1S/C50H54O2/c1-3-5-33-7-11-35(12-8-33)37-15-19-39(20-16-37)41-23-27-45-43(31-41)25-29-47(51)49(45)50-46-28-24-42(32-44(46)26-30-48(50)52)40-21-17-38(18-22-40)36-13-9-34(6-4-2)10-14-36/h15-36,51-52H,3-14H2,1-2H3. The maximum absolute atomic E-state index is 11.3. The first-order valence-electron chi connectivity index (χ1n) is 20.2. The van der Waals surface area contributed by atoms with E-state index in [1.807, 2.05) is 12.1 Å². The molecule has 266 valence electrons. The molecule has 0 aromatic heterocycles. The summed E-state index contributed by atoms with van der Waals surface area (Å²) in [5, 5.41) is 26.6. The van der Waals surface area contributed by atoms with Crippen molar-refractivity contribution in [1.82, 2.24) is 0 Å². The Morgan fingerprint density at radius 3 is 1.15 bits per heavy atom. The second-order valence-corrected chi connectivity index (χ2v) is 16.0. The van der Waals surface area contributed by atoms with E-state index in [0.717, 1.165) is 44.5 Å². The van der Waals surface area contributed by atoms with E-state index in [4.69, 9.17) is 0 Å². The molecular weight excluding hydrogens is 633 g/mol. The van der Waals surface area contributed by atoms with Gasteiger partial charge >= 0.3 is 0 Å². The first-order valence-corrected chi connectivity index (χ1v) is 20.2. The Morgan fingerprint density at radius 1 is 0.423 bits per heavy atom. The minimum Gasteiger partial charge on any atom is -0.507 e. The van der Waals surface area contributed by atoms with Crippen LogP contribution in [0.4, 0.5) is 0 Å². The molecule has 0 aliphatic heterocycles. The van der Waals surface area contributed by atoms with E-state index < -0.39 is 0 Å². The van der Waals surface area contributed by atoms with Gasteiger partial charge in [0.1, 0.15) is 11.5 Å². The molecule has 2 N–H and O–H groups in total. The molecule has 0 unspecified atom stereocenters. The molecule has 2 heteroatoms. The number of fused-ring (bicyclic) bond motifs is 2. The van der Waals surface area contributed by atoms with Crippen LogP contribution in [0.5, 0.6) is 11.5 Å². The van der Waals surface area contributed by atoms with Gasteiger partial charge in [0.15, 0.2) is 0 Å². The van der Waals surface area contributed by atoms with Crippen LogP contribution in [-0.2, 0) is 0 Å². The molecule has 0 bridgehead atoms. The predicted octanol–water partition coefficient (Wildman–Crippen LogP) is 14.6. The summed E-state index contributed by atoms with van der Waals surface area (Å²) >= 11 is 0. The van der Waals surface area contributed by atoms with Crippen molar-refractivity contribution in [1.29, 1.82) is 0 Å². The molecule has 6 aromatic carbocycles. The molecule has 2 nitrogen and oxygen atoms in total. The quantitative estimate of drug-likeness (QED) is 0.159. The third-order valence-corrected chi connectivity index (χ3v) is 12.8. The highest BCUT2D eigenvalue weighted by molar-refractivity contribution is 6.10. The van der Waals surface area contributed by atoms with Gasteiger partial charge in [0, 0.05) is 11.1 Å². The van der Waals surface area contributed by atoms with Crippen molar-refractivity contribution < 1.29 is 10.2 Å². The smallest absolute Gasteiger partial charge is 0.124 e. The van der Waals surface area contributed by atoms with Crippen molar-refractivity contribution in [2.45, 2.75) is 103 Å². The van der Waals surface area contributed by atoms with Gasteiger partial charge in [-0.2, -0.15) is 0 Å². The second-order valence-electron chi connectivity index (χ2n) is 16.0. The SMILES string of the molecule is CCCC1CCC(c2ccc(-c3ccc4c(-c5c(O)ccc6cc(-c7ccc(C8CCC(CCC)CC8)cc7)ccc56)c(O)ccc4c3)cc2)CC1. The van der Waals surface area contributed by atoms with Crippen LogP contribution in [0.3, 0.4) is 0 Å². The Labute approximate surface area is 310 Å². The average Bonchev–Trinajstić information content (AvgIpc) is 3.19. The van der Waals surface area contributed by atoms with Gasteiger partial charge in [-0.05, 0) is 154 Å². The number of benzene rings is 6. The lowest BCUT2D eigenvalue weighted by Gasteiger charge is -2.28. The van der Waals surface area contributed by atoms with E-state index in [1.54, 1.807) is 12.1 Å². The van der Waals surface area contributed by atoms with Crippen LogP contribution >= 0.6 is 0 Å². The number of hydrogen-bond donors (Lipinski definition) is 2. The lowest BCUT2D eigenvalue weighted by Crippen LogP contribution is -2.13. The monoisotopic (exact) mass is 686 g/mol. The van der Waals surface area contributed by atoms with Gasteiger partial charge in [0.2, 0.25) is 0 Å². The van der Waals surface area contributed by atoms with Gasteiger partial charge < -0.3 is 10.2 Å². The third-order valence-electron chi connectivity index (χ3n) is 12.8. The Balaban J connectivity index is 1.05. The van der Waals surface area contributed by atoms with Crippen LogP contribution in [0, 0.1) is 11.8 Å². The second kappa shape index (κ2) is 15.2. The molecule has 2 saturated carbocycles. The molecule has 2 aliphatic carbocycles. The fraction of sp³-hybridized carbons (Fsp3) is 0.360. The van der Waals surface area contributed by atoms with Crippen molar-refractivity contribution >= 4 is 21.5 Å². The maximum Gasteiger partial charge on any atom is 0.124 e. The fourth-order valence-electron chi connectivity index (χ4n) is 9.80. The Hall–Kier alpha value is -4.56. The third kappa shape index (κ3) is 6.97. The molecule has 0 spiro atoms. The molecule has 0 amide bonds. The van der Waals surface area contributed by atoms with Crippen molar-refractivity contribution in [2.24, 2.45) is 11.8 Å². The van der Waals surface area contributed by atoms with Crippen LogP contribution < -0.4 is 0 Å². The summed E-state index contributed by atoms with van der Waals surface area (Å²) in [7, 11) is 0. The van der Waals surface area contributed by atoms with Crippen molar-refractivity contribution in [2.75, 3.05) is 0 Å². The summed E-state index contributed by atoms with van der Waals surface area (Å²) in [4.78, 5) is 0. The molecule has 0 radical (unpaired) electrons. The van der Waals surface area contributed by atoms with E-state index in [1.165, 1.54) is 99.3 Å². The minimum atomic E-state index is 0.171. The van der Waals surface area contributed by atoms with Crippen LogP contribution in [0.15, 0.2) is 109 Å². The minimum absolute atomic E-state index is 0.171. The lowest BCUT2D eigenvalue weighted by atomic mass is 9.77. The van der Waals surface area contributed by atoms with Gasteiger partial charge in [-0.25, -0.2) is 0 Å². The predicted molar refractivity (Wildman–Crippen MR) is 220 cm³/mol. The number of rotatable bonds is 9. The number of hydrogen-bond acceptors (Lipinski definition) is 2. The molecule has 0 saturated heterocycles. The van der Waals surface area contributed by atoms with Gasteiger partial charge in [-0.3, -0.25) is 0 Å². The number of phenols is 2. The first-order chi connectivity index (χ1) is 25.5. The molecule has 2 aliphatic rings. The molecule has 2 fully saturated rings. The highest BCUT2D eigenvalue weighted by Gasteiger charge is 2.23. The van der Waals surface area contributed by atoms with Crippen molar-refractivity contribution in [3.63, 3.8) is 0 Å². The zero-order chi connectivity index (χ0) is 35.6. The zero-order valence-corrected chi connectivity index (χ0v) is 31.1. The number of phenolic OH excluding ortho intramolecular Hbond substituents is 2. The Morgan fingerprint density at radius 2 is 0.788 bits per heavy atom.